The van der Waals surface area contributed by atoms with Gasteiger partial charge < -0.3 is 15.4 Å². The number of halogens is 1. The van der Waals surface area contributed by atoms with Gasteiger partial charge in [-0.25, -0.2) is 4.98 Å². The Morgan fingerprint density at radius 3 is 2.64 bits per heavy atom. The first kappa shape index (κ1) is 22.4. The summed E-state index contributed by atoms with van der Waals surface area (Å²) in [6, 6.07) is 15.5. The molecule has 0 aliphatic carbocycles. The fourth-order valence-electron chi connectivity index (χ4n) is 3.45. The van der Waals surface area contributed by atoms with Gasteiger partial charge in [-0.15, -0.1) is 24.0 Å². The molecule has 1 saturated heterocycles. The van der Waals surface area contributed by atoms with Gasteiger partial charge in [0.15, 0.2) is 5.96 Å². The molecule has 2 N–H and O–H groups in total. The molecular weight excluding hydrogens is 465 g/mol. The number of hydrogen-bond donors (Lipinski definition) is 2. The van der Waals surface area contributed by atoms with Crippen LogP contribution in [-0.4, -0.2) is 48.6 Å². The molecule has 0 spiro atoms. The molecule has 6 nitrogen and oxygen atoms in total. The molecule has 0 saturated carbocycles. The maximum Gasteiger partial charge on any atom is 0.212 e. The highest BCUT2D eigenvalue weighted by Gasteiger charge is 2.29. The zero-order valence-corrected chi connectivity index (χ0v) is 19.1. The second-order valence-corrected chi connectivity index (χ2v) is 6.98. The van der Waals surface area contributed by atoms with Crippen molar-refractivity contribution < 1.29 is 4.74 Å². The normalized spacial score (nSPS) is 19.8. The average Bonchev–Trinajstić information content (AvgIpc) is 3.05. The fourth-order valence-corrected chi connectivity index (χ4v) is 3.45. The van der Waals surface area contributed by atoms with E-state index in [0.717, 1.165) is 31.0 Å². The topological polar surface area (TPSA) is 61.8 Å². The van der Waals surface area contributed by atoms with Crippen molar-refractivity contribution in [3.63, 3.8) is 0 Å². The maximum atomic E-state index is 5.10. The number of benzene rings is 1. The van der Waals surface area contributed by atoms with E-state index in [0.29, 0.717) is 24.5 Å². The lowest BCUT2D eigenvalue weighted by Crippen LogP contribution is -2.44. The highest BCUT2D eigenvalue weighted by Crippen LogP contribution is 2.20. The third-order valence-electron chi connectivity index (χ3n) is 4.96. The van der Waals surface area contributed by atoms with Crippen LogP contribution in [0.25, 0.3) is 0 Å². The molecule has 1 aliphatic rings. The number of aromatic nitrogens is 1. The van der Waals surface area contributed by atoms with E-state index in [1.54, 1.807) is 7.11 Å². The van der Waals surface area contributed by atoms with Crippen LogP contribution in [0, 0.1) is 0 Å². The predicted octanol–water partition coefficient (Wildman–Crippen LogP) is 3.04. The smallest absolute Gasteiger partial charge is 0.212 e. The number of guanidine groups is 1. The predicted molar refractivity (Wildman–Crippen MR) is 124 cm³/mol. The molecule has 2 heterocycles. The summed E-state index contributed by atoms with van der Waals surface area (Å²) in [6.07, 6.45) is 2.93. The minimum atomic E-state index is 0. The van der Waals surface area contributed by atoms with Gasteiger partial charge in [0.05, 0.1) is 7.11 Å². The van der Waals surface area contributed by atoms with Crippen LogP contribution in [0.3, 0.4) is 0 Å². The number of aliphatic imine (C=N–C) groups is 1. The fraction of sp³-hybridized carbons (Fsp3) is 0.429. The van der Waals surface area contributed by atoms with Crippen LogP contribution in [0.15, 0.2) is 53.7 Å². The van der Waals surface area contributed by atoms with Crippen molar-refractivity contribution in [2.45, 2.75) is 38.5 Å². The minimum absolute atomic E-state index is 0. The second kappa shape index (κ2) is 11.2. The Bertz CT molecular complexity index is 738. The Balaban J connectivity index is 0.00000280. The summed E-state index contributed by atoms with van der Waals surface area (Å²) in [4.78, 5) is 11.1. The lowest BCUT2D eigenvalue weighted by Gasteiger charge is -2.21. The molecular formula is C21H30IN5O. The monoisotopic (exact) mass is 495 g/mol. The standard InChI is InChI=1S/C21H29N5O.HI/c1-16-11-19(15-26(16)14-17-7-5-4-6-8-17)25-21(22-2)24-13-18-9-10-20(27-3)23-12-18;/h4-10,12,16,19H,11,13-15H2,1-3H3,(H2,22,24,25);1H. The van der Waals surface area contributed by atoms with Crippen molar-refractivity contribution in [3.8, 4) is 5.88 Å². The van der Waals surface area contributed by atoms with E-state index >= 15 is 0 Å². The molecule has 28 heavy (non-hydrogen) atoms. The molecule has 7 heteroatoms. The Morgan fingerprint density at radius 1 is 1.21 bits per heavy atom. The summed E-state index contributed by atoms with van der Waals surface area (Å²) in [5.41, 5.74) is 2.45. The lowest BCUT2D eigenvalue weighted by atomic mass is 10.2. The number of rotatable bonds is 6. The summed E-state index contributed by atoms with van der Waals surface area (Å²) < 4.78 is 5.10. The summed E-state index contributed by atoms with van der Waals surface area (Å²) in [6.45, 7) is 4.97. The van der Waals surface area contributed by atoms with Gasteiger partial charge in [0.1, 0.15) is 0 Å². The largest absolute Gasteiger partial charge is 0.481 e. The van der Waals surface area contributed by atoms with Gasteiger partial charge in [-0.05, 0) is 24.5 Å². The SMILES string of the molecule is CN=C(NCc1ccc(OC)nc1)NC1CC(C)N(Cc2ccccc2)C1.I. The number of pyridine rings is 1. The van der Waals surface area contributed by atoms with Crippen LogP contribution in [0.4, 0.5) is 0 Å². The van der Waals surface area contributed by atoms with Crippen molar-refractivity contribution in [2.24, 2.45) is 4.99 Å². The van der Waals surface area contributed by atoms with Crippen LogP contribution in [0.2, 0.25) is 0 Å². The first-order valence-corrected chi connectivity index (χ1v) is 9.42. The van der Waals surface area contributed by atoms with Crippen molar-refractivity contribution in [3.05, 3.63) is 59.8 Å². The summed E-state index contributed by atoms with van der Waals surface area (Å²) in [5.74, 6) is 1.45. The Kier molecular flexibility index (Phi) is 8.98. The third-order valence-corrected chi connectivity index (χ3v) is 4.96. The molecule has 152 valence electrons. The van der Waals surface area contributed by atoms with E-state index in [1.165, 1.54) is 5.56 Å². The number of methoxy groups -OCH3 is 1. The van der Waals surface area contributed by atoms with Gasteiger partial charge in [0.2, 0.25) is 5.88 Å². The molecule has 0 radical (unpaired) electrons. The Morgan fingerprint density at radius 2 is 2.00 bits per heavy atom. The third kappa shape index (κ3) is 6.34. The first-order chi connectivity index (χ1) is 13.2. The first-order valence-electron chi connectivity index (χ1n) is 9.42. The highest BCUT2D eigenvalue weighted by molar-refractivity contribution is 14.0. The Labute approximate surface area is 184 Å². The number of likely N-dealkylation sites (tertiary alicyclic amines) is 1. The van der Waals surface area contributed by atoms with Crippen LogP contribution in [0.5, 0.6) is 5.88 Å². The molecule has 2 unspecified atom stereocenters. The molecule has 1 aromatic heterocycles. The van der Waals surface area contributed by atoms with E-state index in [1.807, 2.05) is 25.4 Å². The van der Waals surface area contributed by atoms with Gasteiger partial charge in [0, 0.05) is 51.0 Å². The number of nitrogens with zero attached hydrogens (tertiary/aromatic N) is 3. The van der Waals surface area contributed by atoms with Crippen LogP contribution in [-0.2, 0) is 13.1 Å². The van der Waals surface area contributed by atoms with E-state index in [2.05, 4.69) is 62.8 Å². The second-order valence-electron chi connectivity index (χ2n) is 6.98. The summed E-state index contributed by atoms with van der Waals surface area (Å²) in [5, 5.41) is 6.93. The zero-order valence-electron chi connectivity index (χ0n) is 16.8. The molecule has 0 amide bonds. The van der Waals surface area contributed by atoms with Gasteiger partial charge >= 0.3 is 0 Å². The zero-order chi connectivity index (χ0) is 19.1. The summed E-state index contributed by atoms with van der Waals surface area (Å²) in [7, 11) is 3.43. The number of ether oxygens (including phenoxy) is 1. The average molecular weight is 495 g/mol. The van der Waals surface area contributed by atoms with Crippen LogP contribution >= 0.6 is 24.0 Å². The lowest BCUT2D eigenvalue weighted by molar-refractivity contribution is 0.258. The van der Waals surface area contributed by atoms with E-state index in [-0.39, 0.29) is 24.0 Å². The molecule has 1 fully saturated rings. The molecule has 2 atom stereocenters. The van der Waals surface area contributed by atoms with E-state index < -0.39 is 0 Å². The number of hydrogen-bond acceptors (Lipinski definition) is 4. The molecule has 1 aromatic carbocycles. The van der Waals surface area contributed by atoms with Gasteiger partial charge in [-0.1, -0.05) is 36.4 Å². The maximum absolute atomic E-state index is 5.10. The number of nitrogens with one attached hydrogen (secondary N) is 2. The quantitative estimate of drug-likeness (QED) is 0.367. The molecule has 1 aliphatic heterocycles. The van der Waals surface area contributed by atoms with Gasteiger partial charge in [0.25, 0.3) is 0 Å². The van der Waals surface area contributed by atoms with Crippen LogP contribution < -0.4 is 15.4 Å². The van der Waals surface area contributed by atoms with Crippen molar-refractivity contribution >= 4 is 29.9 Å². The summed E-state index contributed by atoms with van der Waals surface area (Å²) >= 11 is 0. The van der Waals surface area contributed by atoms with Crippen molar-refractivity contribution in [1.82, 2.24) is 20.5 Å². The van der Waals surface area contributed by atoms with E-state index in [4.69, 9.17) is 4.74 Å². The minimum Gasteiger partial charge on any atom is -0.481 e. The van der Waals surface area contributed by atoms with Crippen molar-refractivity contribution in [1.29, 1.82) is 0 Å². The van der Waals surface area contributed by atoms with Gasteiger partial charge in [-0.2, -0.15) is 0 Å². The van der Waals surface area contributed by atoms with Gasteiger partial charge in [-0.3, -0.25) is 9.89 Å². The van der Waals surface area contributed by atoms with E-state index in [9.17, 15) is 0 Å². The molecule has 3 rings (SSSR count). The van der Waals surface area contributed by atoms with Crippen LogP contribution in [0.1, 0.15) is 24.5 Å². The molecule has 2 aromatic rings. The van der Waals surface area contributed by atoms with Crippen molar-refractivity contribution in [2.75, 3.05) is 20.7 Å². The molecule has 0 bridgehead atoms. The Hall–Kier alpha value is -1.87. The highest BCUT2D eigenvalue weighted by atomic mass is 127.